The Bertz CT molecular complexity index is 1410. The van der Waals surface area contributed by atoms with Crippen molar-refractivity contribution in [2.45, 2.75) is 24.2 Å². The first kappa shape index (κ1) is 29.7. The highest BCUT2D eigenvalue weighted by atomic mass is 32.2. The highest BCUT2D eigenvalue weighted by molar-refractivity contribution is 8.04. The van der Waals surface area contributed by atoms with Crippen molar-refractivity contribution in [3.8, 4) is 11.5 Å². The number of benzene rings is 3. The van der Waals surface area contributed by atoms with Crippen LogP contribution in [-0.4, -0.2) is 57.1 Å². The SMILES string of the molecule is COCCCN1C(=O)C(Nc2ccc(OC)cc2OC)=C(Sc2ccc(NC(=O)CCc3ccccc3)cc2)C1=O. The Kier molecular flexibility index (Phi) is 10.4. The van der Waals surface area contributed by atoms with Crippen LogP contribution in [0.3, 0.4) is 0 Å². The molecule has 10 heteroatoms. The second-order valence-corrected chi connectivity index (χ2v) is 10.2. The van der Waals surface area contributed by atoms with Gasteiger partial charge in [0.25, 0.3) is 11.8 Å². The Morgan fingerprint density at radius 2 is 1.66 bits per heavy atom. The lowest BCUT2D eigenvalue weighted by atomic mass is 10.1. The van der Waals surface area contributed by atoms with Crippen LogP contribution in [0, 0.1) is 0 Å². The van der Waals surface area contributed by atoms with Crippen LogP contribution in [0.15, 0.2) is 88.3 Å². The van der Waals surface area contributed by atoms with Gasteiger partial charge in [-0.2, -0.15) is 0 Å². The molecule has 0 bridgehead atoms. The summed E-state index contributed by atoms with van der Waals surface area (Å²) in [6.45, 7) is 0.654. The lowest BCUT2D eigenvalue weighted by Gasteiger charge is -2.15. The van der Waals surface area contributed by atoms with Crippen LogP contribution in [0.1, 0.15) is 18.4 Å². The van der Waals surface area contributed by atoms with Gasteiger partial charge in [0, 0.05) is 43.3 Å². The van der Waals surface area contributed by atoms with Gasteiger partial charge in [-0.15, -0.1) is 0 Å². The number of hydrogen-bond acceptors (Lipinski definition) is 8. The second-order valence-electron chi connectivity index (χ2n) is 9.16. The third-order valence-corrected chi connectivity index (χ3v) is 7.46. The maximum atomic E-state index is 13.4. The van der Waals surface area contributed by atoms with E-state index in [0.29, 0.717) is 48.7 Å². The molecule has 4 rings (SSSR count). The van der Waals surface area contributed by atoms with E-state index >= 15 is 0 Å². The van der Waals surface area contributed by atoms with Gasteiger partial charge in [0.2, 0.25) is 5.91 Å². The molecule has 214 valence electrons. The Morgan fingerprint density at radius 3 is 2.34 bits per heavy atom. The van der Waals surface area contributed by atoms with Crippen LogP contribution >= 0.6 is 11.8 Å². The Balaban J connectivity index is 1.50. The molecular weight excluding hydrogens is 542 g/mol. The molecule has 3 aromatic rings. The van der Waals surface area contributed by atoms with Crippen molar-refractivity contribution < 1.29 is 28.6 Å². The molecule has 0 aromatic heterocycles. The average Bonchev–Trinajstić information content (AvgIpc) is 3.21. The number of hydrogen-bond donors (Lipinski definition) is 2. The van der Waals surface area contributed by atoms with Crippen molar-refractivity contribution >= 4 is 40.9 Å². The van der Waals surface area contributed by atoms with Crippen molar-refractivity contribution in [2.75, 3.05) is 45.1 Å². The first-order chi connectivity index (χ1) is 19.9. The molecule has 9 nitrogen and oxygen atoms in total. The zero-order chi connectivity index (χ0) is 29.2. The van der Waals surface area contributed by atoms with Gasteiger partial charge in [0.05, 0.1) is 19.9 Å². The maximum absolute atomic E-state index is 13.4. The molecule has 0 radical (unpaired) electrons. The van der Waals surface area contributed by atoms with Gasteiger partial charge in [0.15, 0.2) is 0 Å². The fourth-order valence-corrected chi connectivity index (χ4v) is 5.16. The number of ether oxygens (including phenoxy) is 3. The van der Waals surface area contributed by atoms with Crippen LogP contribution in [-0.2, 0) is 25.5 Å². The standard InChI is InChI=1S/C31H33N3O6S/c1-38-19-7-18-34-30(36)28(33-25-16-13-23(39-2)20-26(25)40-3)29(31(34)37)41-24-14-11-22(12-15-24)32-27(35)17-10-21-8-5-4-6-9-21/h4-6,8-9,11-16,20,33H,7,10,17-19H2,1-3H3,(H,32,35). The summed E-state index contributed by atoms with van der Waals surface area (Å²) < 4.78 is 15.8. The number of rotatable bonds is 14. The molecule has 3 aromatic carbocycles. The monoisotopic (exact) mass is 575 g/mol. The smallest absolute Gasteiger partial charge is 0.278 e. The third-order valence-electron chi connectivity index (χ3n) is 6.37. The van der Waals surface area contributed by atoms with E-state index in [-0.39, 0.29) is 29.0 Å². The molecule has 0 unspecified atom stereocenters. The first-order valence-corrected chi connectivity index (χ1v) is 13.9. The lowest BCUT2D eigenvalue weighted by molar-refractivity contribution is -0.137. The normalized spacial score (nSPS) is 13.0. The van der Waals surface area contributed by atoms with E-state index in [1.54, 1.807) is 56.7 Å². The van der Waals surface area contributed by atoms with Gasteiger partial charge in [-0.25, -0.2) is 0 Å². The van der Waals surface area contributed by atoms with E-state index in [9.17, 15) is 14.4 Å². The predicted octanol–water partition coefficient (Wildman–Crippen LogP) is 5.10. The summed E-state index contributed by atoms with van der Waals surface area (Å²) in [6.07, 6.45) is 1.54. The number of thioether (sulfide) groups is 1. The van der Waals surface area contributed by atoms with Crippen LogP contribution in [0.4, 0.5) is 11.4 Å². The minimum atomic E-state index is -0.422. The largest absolute Gasteiger partial charge is 0.497 e. The summed E-state index contributed by atoms with van der Waals surface area (Å²) in [4.78, 5) is 41.5. The van der Waals surface area contributed by atoms with E-state index in [4.69, 9.17) is 14.2 Å². The summed E-state index contributed by atoms with van der Waals surface area (Å²) in [5.41, 5.74) is 2.44. The molecule has 3 amide bonds. The van der Waals surface area contributed by atoms with Crippen LogP contribution in [0.5, 0.6) is 11.5 Å². The number of amides is 3. The van der Waals surface area contributed by atoms with Crippen molar-refractivity contribution in [3.63, 3.8) is 0 Å². The van der Waals surface area contributed by atoms with E-state index in [0.717, 1.165) is 10.5 Å². The molecule has 0 fully saturated rings. The summed E-state index contributed by atoms with van der Waals surface area (Å²) in [5, 5.41) is 6.04. The Hall–Kier alpha value is -4.28. The van der Waals surface area contributed by atoms with Crippen molar-refractivity contribution in [3.05, 3.63) is 89.0 Å². The highest BCUT2D eigenvalue weighted by Crippen LogP contribution is 2.38. The average molecular weight is 576 g/mol. The molecule has 0 saturated carbocycles. The van der Waals surface area contributed by atoms with Gasteiger partial charge in [0.1, 0.15) is 22.1 Å². The highest BCUT2D eigenvalue weighted by Gasteiger charge is 2.39. The first-order valence-electron chi connectivity index (χ1n) is 13.1. The number of carbonyl (C=O) groups excluding carboxylic acids is 3. The summed E-state index contributed by atoms with van der Waals surface area (Å²) in [6, 6.07) is 22.2. The summed E-state index contributed by atoms with van der Waals surface area (Å²) in [5.74, 6) is 0.170. The molecule has 41 heavy (non-hydrogen) atoms. The fraction of sp³-hybridized carbons (Fsp3) is 0.258. The van der Waals surface area contributed by atoms with Crippen molar-refractivity contribution in [1.82, 2.24) is 4.90 Å². The van der Waals surface area contributed by atoms with Crippen molar-refractivity contribution in [1.29, 1.82) is 0 Å². The molecule has 1 aliphatic rings. The number of aryl methyl sites for hydroxylation is 1. The molecule has 1 aliphatic heterocycles. The lowest BCUT2D eigenvalue weighted by Crippen LogP contribution is -2.33. The van der Waals surface area contributed by atoms with Crippen LogP contribution in [0.2, 0.25) is 0 Å². The van der Waals surface area contributed by atoms with E-state index < -0.39 is 5.91 Å². The zero-order valence-corrected chi connectivity index (χ0v) is 24.1. The topological polar surface area (TPSA) is 106 Å². The summed E-state index contributed by atoms with van der Waals surface area (Å²) >= 11 is 1.19. The number of nitrogens with one attached hydrogen (secondary N) is 2. The minimum Gasteiger partial charge on any atom is -0.497 e. The molecule has 0 saturated heterocycles. The number of methoxy groups -OCH3 is 3. The fourth-order valence-electron chi connectivity index (χ4n) is 4.22. The number of anilines is 2. The third kappa shape index (κ3) is 7.68. The van der Waals surface area contributed by atoms with Gasteiger partial charge in [-0.1, -0.05) is 42.1 Å². The van der Waals surface area contributed by atoms with Gasteiger partial charge < -0.3 is 24.8 Å². The van der Waals surface area contributed by atoms with Crippen molar-refractivity contribution in [2.24, 2.45) is 0 Å². The Morgan fingerprint density at radius 1 is 0.902 bits per heavy atom. The van der Waals surface area contributed by atoms with Gasteiger partial charge in [-0.3, -0.25) is 19.3 Å². The molecule has 0 aliphatic carbocycles. The minimum absolute atomic E-state index is 0.0832. The molecule has 0 atom stereocenters. The second kappa shape index (κ2) is 14.4. The predicted molar refractivity (Wildman–Crippen MR) is 159 cm³/mol. The number of imide groups is 1. The molecule has 1 heterocycles. The van der Waals surface area contributed by atoms with E-state index in [2.05, 4.69) is 10.6 Å². The summed E-state index contributed by atoms with van der Waals surface area (Å²) in [7, 11) is 4.65. The van der Waals surface area contributed by atoms with Gasteiger partial charge in [-0.05, 0) is 54.8 Å². The van der Waals surface area contributed by atoms with E-state index in [1.165, 1.54) is 23.8 Å². The van der Waals surface area contributed by atoms with Crippen LogP contribution < -0.4 is 20.1 Å². The Labute approximate surface area is 243 Å². The number of nitrogens with zero attached hydrogens (tertiary/aromatic N) is 1. The van der Waals surface area contributed by atoms with Gasteiger partial charge >= 0.3 is 0 Å². The molecule has 2 N–H and O–H groups in total. The number of carbonyl (C=O) groups is 3. The van der Waals surface area contributed by atoms with E-state index in [1.807, 2.05) is 30.3 Å². The molecule has 0 spiro atoms. The quantitative estimate of drug-likeness (QED) is 0.202. The zero-order valence-electron chi connectivity index (χ0n) is 23.3. The molecular formula is C31H33N3O6S. The maximum Gasteiger partial charge on any atom is 0.278 e. The van der Waals surface area contributed by atoms with Crippen LogP contribution in [0.25, 0.3) is 0 Å².